The molecule has 1 aliphatic heterocycles. The third-order valence-electron chi connectivity index (χ3n) is 5.41. The molecule has 0 nitrogen and oxygen atoms in total. The minimum absolute atomic E-state index is 0.910. The Morgan fingerprint density at radius 1 is 0.783 bits per heavy atom. The Morgan fingerprint density at radius 2 is 1.35 bits per heavy atom. The molecule has 1 heteroatoms. The van der Waals surface area contributed by atoms with E-state index in [1.165, 1.54) is 89.2 Å². The highest BCUT2D eigenvalue weighted by atomic mass is 32.2. The second kappa shape index (κ2) is 13.4. The molecule has 2 aliphatic rings. The molecular weight excluding hydrogens is 296 g/mol. The van der Waals surface area contributed by atoms with E-state index in [0.29, 0.717) is 0 Å². The van der Waals surface area contributed by atoms with Gasteiger partial charge in [-0.15, -0.1) is 11.8 Å². The van der Waals surface area contributed by atoms with Crippen LogP contribution in [0.15, 0.2) is 10.5 Å². The minimum atomic E-state index is 0.910. The summed E-state index contributed by atoms with van der Waals surface area (Å²) >= 11 is 2.25. The summed E-state index contributed by atoms with van der Waals surface area (Å²) in [6, 6.07) is 0. The van der Waals surface area contributed by atoms with E-state index in [2.05, 4.69) is 25.6 Å². The van der Waals surface area contributed by atoms with Gasteiger partial charge in [-0.2, -0.15) is 0 Å². The van der Waals surface area contributed by atoms with Crippen LogP contribution >= 0.6 is 11.8 Å². The van der Waals surface area contributed by atoms with E-state index >= 15 is 0 Å². The Labute approximate surface area is 151 Å². The van der Waals surface area contributed by atoms with Gasteiger partial charge in [0.2, 0.25) is 0 Å². The molecule has 1 heterocycles. The molecular formula is C22H42S. The lowest BCUT2D eigenvalue weighted by Crippen LogP contribution is -2.15. The summed E-state index contributed by atoms with van der Waals surface area (Å²) in [5.41, 5.74) is 1.92. The molecule has 136 valence electrons. The number of hydrogen-bond acceptors (Lipinski definition) is 1. The summed E-state index contributed by atoms with van der Waals surface area (Å²) in [6.45, 7) is 8.76. The van der Waals surface area contributed by atoms with Crippen LogP contribution in [0, 0.1) is 11.8 Å². The maximum Gasteiger partial charge on any atom is -0.00201 e. The Bertz CT molecular complexity index is 288. The molecule has 0 saturated heterocycles. The molecule has 0 aromatic carbocycles. The highest BCUT2D eigenvalue weighted by molar-refractivity contribution is 8.03. The lowest BCUT2D eigenvalue weighted by molar-refractivity contribution is 0.457. The first-order valence-electron chi connectivity index (χ1n) is 10.7. The van der Waals surface area contributed by atoms with Crippen molar-refractivity contribution >= 4 is 11.8 Å². The van der Waals surface area contributed by atoms with Gasteiger partial charge in [-0.05, 0) is 61.0 Å². The molecule has 0 fully saturated rings. The third-order valence-corrected chi connectivity index (χ3v) is 6.81. The maximum atomic E-state index is 2.38. The highest BCUT2D eigenvalue weighted by Crippen LogP contribution is 2.44. The highest BCUT2D eigenvalue weighted by Gasteiger charge is 2.26. The van der Waals surface area contributed by atoms with E-state index in [-0.39, 0.29) is 0 Å². The molecule has 0 aromatic heterocycles. The van der Waals surface area contributed by atoms with E-state index in [1.807, 2.05) is 24.3 Å². The summed E-state index contributed by atoms with van der Waals surface area (Å²) in [6.07, 6.45) is 18.8. The molecule has 0 aromatic rings. The zero-order valence-electron chi connectivity index (χ0n) is 16.5. The van der Waals surface area contributed by atoms with E-state index in [4.69, 9.17) is 0 Å². The van der Waals surface area contributed by atoms with Gasteiger partial charge in [0.05, 0.1) is 0 Å². The molecule has 0 radical (unpaired) electrons. The quantitative estimate of drug-likeness (QED) is 0.496. The lowest BCUT2D eigenvalue weighted by atomic mass is 9.83. The summed E-state index contributed by atoms with van der Waals surface area (Å²) in [7, 11) is 0. The second-order valence-corrected chi connectivity index (χ2v) is 8.29. The zero-order chi connectivity index (χ0) is 16.9. The molecule has 0 bridgehead atoms. The molecule has 0 saturated carbocycles. The fourth-order valence-electron chi connectivity index (χ4n) is 4.35. The van der Waals surface area contributed by atoms with E-state index in [9.17, 15) is 0 Å². The van der Waals surface area contributed by atoms with Crippen molar-refractivity contribution in [2.24, 2.45) is 11.8 Å². The second-order valence-electron chi connectivity index (χ2n) is 7.16. The van der Waals surface area contributed by atoms with Gasteiger partial charge in [-0.1, -0.05) is 78.2 Å². The van der Waals surface area contributed by atoms with E-state index in [1.54, 1.807) is 0 Å². The van der Waals surface area contributed by atoms with Crippen LogP contribution in [0.25, 0.3) is 0 Å². The van der Waals surface area contributed by atoms with Gasteiger partial charge in [0, 0.05) is 0 Å². The Morgan fingerprint density at radius 3 is 2.00 bits per heavy atom. The predicted molar refractivity (Wildman–Crippen MR) is 109 cm³/mol. The largest absolute Gasteiger partial charge is 0.130 e. The standard InChI is InChI=1S/C20H36S.C2H6/c1-3-11-17-13-8-6-5-7-9-14-18(12-4-2)20-19(17)15-10-16-21-20;1-2/h17-18H,3-16H2,1-2H3;1-2H3. The van der Waals surface area contributed by atoms with Crippen molar-refractivity contribution < 1.29 is 0 Å². The van der Waals surface area contributed by atoms with Crippen molar-refractivity contribution in [2.45, 2.75) is 111 Å². The lowest BCUT2D eigenvalue weighted by Gasteiger charge is -2.31. The molecule has 1 aliphatic carbocycles. The molecule has 0 N–H and O–H groups in total. The zero-order valence-corrected chi connectivity index (χ0v) is 17.3. The molecule has 0 amide bonds. The first kappa shape index (κ1) is 21.1. The van der Waals surface area contributed by atoms with Crippen molar-refractivity contribution in [2.75, 3.05) is 5.75 Å². The van der Waals surface area contributed by atoms with Gasteiger partial charge in [-0.25, -0.2) is 0 Å². The monoisotopic (exact) mass is 338 g/mol. The topological polar surface area (TPSA) is 0 Å². The molecule has 2 unspecified atom stereocenters. The van der Waals surface area contributed by atoms with Gasteiger partial charge < -0.3 is 0 Å². The first-order valence-corrected chi connectivity index (χ1v) is 11.7. The van der Waals surface area contributed by atoms with Crippen molar-refractivity contribution in [1.29, 1.82) is 0 Å². The number of allylic oxidation sites excluding steroid dienone is 2. The summed E-state index contributed by atoms with van der Waals surface area (Å²) in [5.74, 6) is 3.22. The Hall–Kier alpha value is 0.0900. The molecule has 2 atom stereocenters. The van der Waals surface area contributed by atoms with Crippen LogP contribution in [-0.2, 0) is 0 Å². The van der Waals surface area contributed by atoms with Crippen LogP contribution in [0.4, 0.5) is 0 Å². The first-order chi connectivity index (χ1) is 11.4. The summed E-state index contributed by atoms with van der Waals surface area (Å²) in [5, 5.41) is 0. The summed E-state index contributed by atoms with van der Waals surface area (Å²) in [4.78, 5) is 1.88. The predicted octanol–water partition coefficient (Wildman–Crippen LogP) is 8.37. The average molecular weight is 339 g/mol. The Kier molecular flexibility index (Phi) is 12.3. The van der Waals surface area contributed by atoms with E-state index < -0.39 is 0 Å². The Balaban J connectivity index is 0.00000127. The van der Waals surface area contributed by atoms with Gasteiger partial charge in [0.1, 0.15) is 0 Å². The maximum absolute atomic E-state index is 2.38. The minimum Gasteiger partial charge on any atom is -0.130 e. The number of hydrogen-bond donors (Lipinski definition) is 0. The van der Waals surface area contributed by atoms with Gasteiger partial charge >= 0.3 is 0 Å². The van der Waals surface area contributed by atoms with Crippen LogP contribution < -0.4 is 0 Å². The van der Waals surface area contributed by atoms with E-state index in [0.717, 1.165) is 11.8 Å². The van der Waals surface area contributed by atoms with Crippen molar-refractivity contribution in [3.05, 3.63) is 10.5 Å². The SMILES string of the molecule is CC.CCCC1CCCCCCCC(CCC)C2=C1CCCS2. The number of rotatable bonds is 4. The molecule has 2 rings (SSSR count). The smallest absolute Gasteiger partial charge is 0.00201 e. The summed E-state index contributed by atoms with van der Waals surface area (Å²) < 4.78 is 0. The van der Waals surface area contributed by atoms with Crippen LogP contribution in [0.1, 0.15) is 111 Å². The van der Waals surface area contributed by atoms with Crippen LogP contribution in [0.5, 0.6) is 0 Å². The van der Waals surface area contributed by atoms with Crippen LogP contribution in [0.2, 0.25) is 0 Å². The normalized spacial score (nSPS) is 26.6. The molecule has 0 spiro atoms. The third kappa shape index (κ3) is 7.24. The van der Waals surface area contributed by atoms with Crippen LogP contribution in [0.3, 0.4) is 0 Å². The number of thioether (sulfide) groups is 1. The fraction of sp³-hybridized carbons (Fsp3) is 0.909. The fourth-order valence-corrected chi connectivity index (χ4v) is 5.79. The van der Waals surface area contributed by atoms with Crippen molar-refractivity contribution in [3.8, 4) is 0 Å². The van der Waals surface area contributed by atoms with Gasteiger partial charge in [0.15, 0.2) is 0 Å². The van der Waals surface area contributed by atoms with Gasteiger partial charge in [0.25, 0.3) is 0 Å². The van der Waals surface area contributed by atoms with Crippen molar-refractivity contribution in [1.82, 2.24) is 0 Å². The van der Waals surface area contributed by atoms with Crippen LogP contribution in [-0.4, -0.2) is 5.75 Å². The van der Waals surface area contributed by atoms with Crippen molar-refractivity contribution in [3.63, 3.8) is 0 Å². The average Bonchev–Trinajstić information content (AvgIpc) is 2.63. The van der Waals surface area contributed by atoms with Gasteiger partial charge in [-0.3, -0.25) is 0 Å². The molecule has 23 heavy (non-hydrogen) atoms.